The van der Waals surface area contributed by atoms with Gasteiger partial charge in [-0.1, -0.05) is 12.1 Å². The molecule has 2 heterocycles. The third-order valence-corrected chi connectivity index (χ3v) is 3.39. The summed E-state index contributed by atoms with van der Waals surface area (Å²) in [5, 5.41) is 10.1. The maximum absolute atomic E-state index is 13.5. The number of aliphatic hydroxyl groups excluding tert-OH is 1. The summed E-state index contributed by atoms with van der Waals surface area (Å²) >= 11 is 0. The van der Waals surface area contributed by atoms with Gasteiger partial charge in [0.25, 0.3) is 5.91 Å². The predicted molar refractivity (Wildman–Crippen MR) is 67.3 cm³/mol. The average molecular weight is 263 g/mol. The summed E-state index contributed by atoms with van der Waals surface area (Å²) in [6.45, 7) is 0.897. The number of piperidine rings is 1. The second kappa shape index (κ2) is 4.66. The highest BCUT2D eigenvalue weighted by Crippen LogP contribution is 2.24. The van der Waals surface area contributed by atoms with Crippen LogP contribution < -0.4 is 0 Å². The Morgan fingerprint density at radius 2 is 2.32 bits per heavy atom. The van der Waals surface area contributed by atoms with Gasteiger partial charge in [-0.15, -0.1) is 0 Å². The average Bonchev–Trinajstić information content (AvgIpc) is 2.83. The number of likely N-dealkylation sites (tertiary alicyclic amines) is 1. The Labute approximate surface area is 109 Å². The molecule has 1 aliphatic heterocycles. The number of para-hydroxylation sites is 1. The fourth-order valence-corrected chi connectivity index (χ4v) is 2.43. The molecule has 0 aliphatic carbocycles. The van der Waals surface area contributed by atoms with Gasteiger partial charge in [0.1, 0.15) is 0 Å². The van der Waals surface area contributed by atoms with Crippen LogP contribution in [0.4, 0.5) is 4.39 Å². The smallest absolute Gasteiger partial charge is 0.289 e. The van der Waals surface area contributed by atoms with Crippen molar-refractivity contribution < 1.29 is 18.7 Å². The fourth-order valence-electron chi connectivity index (χ4n) is 2.43. The minimum absolute atomic E-state index is 0.100. The van der Waals surface area contributed by atoms with Crippen LogP contribution in [0, 0.1) is 5.82 Å². The summed E-state index contributed by atoms with van der Waals surface area (Å²) < 4.78 is 18.8. The van der Waals surface area contributed by atoms with Crippen LogP contribution in [0.2, 0.25) is 0 Å². The molecule has 5 heteroatoms. The van der Waals surface area contributed by atoms with Crippen molar-refractivity contribution in [1.29, 1.82) is 0 Å². The number of carbonyl (C=O) groups excluding carboxylic acids is 1. The van der Waals surface area contributed by atoms with Crippen molar-refractivity contribution in [2.75, 3.05) is 13.1 Å². The number of fused-ring (bicyclic) bond motifs is 1. The number of benzene rings is 1. The summed E-state index contributed by atoms with van der Waals surface area (Å²) in [6, 6.07) is 6.11. The van der Waals surface area contributed by atoms with E-state index in [9.17, 15) is 14.3 Å². The Hall–Kier alpha value is -1.88. The number of halogens is 1. The highest BCUT2D eigenvalue weighted by Gasteiger charge is 2.25. The molecule has 3 rings (SSSR count). The first kappa shape index (κ1) is 12.2. The van der Waals surface area contributed by atoms with E-state index >= 15 is 0 Å². The topological polar surface area (TPSA) is 53.7 Å². The molecule has 1 N–H and O–H groups in total. The summed E-state index contributed by atoms with van der Waals surface area (Å²) in [5.74, 6) is -0.654. The summed E-state index contributed by atoms with van der Waals surface area (Å²) in [4.78, 5) is 13.8. The molecule has 0 spiro atoms. The van der Waals surface area contributed by atoms with Crippen LogP contribution >= 0.6 is 0 Å². The minimum Gasteiger partial charge on any atom is -0.448 e. The Morgan fingerprint density at radius 3 is 3.05 bits per heavy atom. The molecule has 100 valence electrons. The monoisotopic (exact) mass is 263 g/mol. The van der Waals surface area contributed by atoms with Gasteiger partial charge in [-0.25, -0.2) is 4.39 Å². The van der Waals surface area contributed by atoms with Gasteiger partial charge in [0.05, 0.1) is 6.10 Å². The molecule has 1 aromatic carbocycles. The number of hydrogen-bond acceptors (Lipinski definition) is 3. The lowest BCUT2D eigenvalue weighted by molar-refractivity contribution is 0.0450. The van der Waals surface area contributed by atoms with Gasteiger partial charge >= 0.3 is 0 Å². The van der Waals surface area contributed by atoms with E-state index < -0.39 is 11.9 Å². The zero-order valence-electron chi connectivity index (χ0n) is 10.3. The summed E-state index contributed by atoms with van der Waals surface area (Å²) in [6.07, 6.45) is 0.985. The quantitative estimate of drug-likeness (QED) is 0.857. The van der Waals surface area contributed by atoms with E-state index in [2.05, 4.69) is 0 Å². The van der Waals surface area contributed by atoms with Crippen LogP contribution in [-0.2, 0) is 0 Å². The van der Waals surface area contributed by atoms with Crippen LogP contribution in [-0.4, -0.2) is 35.1 Å². The lowest BCUT2D eigenvalue weighted by atomic mass is 10.1. The SMILES string of the molecule is O=C(c1cc2cccc(F)c2o1)N1CCCC(O)C1. The molecule has 1 aromatic heterocycles. The molecule has 19 heavy (non-hydrogen) atoms. The Bertz CT molecular complexity index is 622. The van der Waals surface area contributed by atoms with Crippen LogP contribution in [0.1, 0.15) is 23.4 Å². The normalized spacial score (nSPS) is 19.9. The minimum atomic E-state index is -0.487. The summed E-state index contributed by atoms with van der Waals surface area (Å²) in [5.41, 5.74) is 0.100. The number of carbonyl (C=O) groups is 1. The second-order valence-electron chi connectivity index (χ2n) is 4.82. The van der Waals surface area contributed by atoms with Crippen molar-refractivity contribution in [3.05, 3.63) is 35.8 Å². The van der Waals surface area contributed by atoms with Gasteiger partial charge in [-0.2, -0.15) is 0 Å². The summed E-state index contributed by atoms with van der Waals surface area (Å²) in [7, 11) is 0. The van der Waals surface area contributed by atoms with Crippen molar-refractivity contribution in [1.82, 2.24) is 4.90 Å². The number of aliphatic hydroxyl groups is 1. The van der Waals surface area contributed by atoms with E-state index in [1.807, 2.05) is 0 Å². The first-order valence-electron chi connectivity index (χ1n) is 6.30. The van der Waals surface area contributed by atoms with Gasteiger partial charge in [0, 0.05) is 18.5 Å². The highest BCUT2D eigenvalue weighted by molar-refractivity contribution is 5.96. The van der Waals surface area contributed by atoms with Crippen molar-refractivity contribution >= 4 is 16.9 Å². The van der Waals surface area contributed by atoms with Gasteiger partial charge in [-0.3, -0.25) is 4.79 Å². The fraction of sp³-hybridized carbons (Fsp3) is 0.357. The maximum Gasteiger partial charge on any atom is 0.289 e. The maximum atomic E-state index is 13.5. The molecule has 1 unspecified atom stereocenters. The predicted octanol–water partition coefficient (Wildman–Crippen LogP) is 2.17. The Balaban J connectivity index is 1.91. The first-order valence-corrected chi connectivity index (χ1v) is 6.30. The standard InChI is InChI=1S/C14H14FNO3/c15-11-5-1-3-9-7-12(19-13(9)11)14(18)16-6-2-4-10(17)8-16/h1,3,5,7,10,17H,2,4,6,8H2. The second-order valence-corrected chi connectivity index (χ2v) is 4.82. The first-order chi connectivity index (χ1) is 9.15. The highest BCUT2D eigenvalue weighted by atomic mass is 19.1. The molecule has 0 radical (unpaired) electrons. The van der Waals surface area contributed by atoms with Crippen molar-refractivity contribution in [3.8, 4) is 0 Å². The molecule has 1 atom stereocenters. The zero-order valence-corrected chi connectivity index (χ0v) is 10.3. The zero-order chi connectivity index (χ0) is 13.4. The van der Waals surface area contributed by atoms with E-state index in [-0.39, 0.29) is 17.3 Å². The lowest BCUT2D eigenvalue weighted by Gasteiger charge is -2.29. The number of hydrogen-bond donors (Lipinski definition) is 1. The van der Waals surface area contributed by atoms with E-state index in [1.165, 1.54) is 6.07 Å². The van der Waals surface area contributed by atoms with Crippen LogP contribution in [0.15, 0.2) is 28.7 Å². The number of furan rings is 1. The lowest BCUT2D eigenvalue weighted by Crippen LogP contribution is -2.42. The van der Waals surface area contributed by atoms with E-state index in [0.717, 1.165) is 6.42 Å². The van der Waals surface area contributed by atoms with Gasteiger partial charge in [0.15, 0.2) is 17.2 Å². The van der Waals surface area contributed by atoms with Gasteiger partial charge < -0.3 is 14.4 Å². The molecule has 0 bridgehead atoms. The largest absolute Gasteiger partial charge is 0.448 e. The molecular weight excluding hydrogens is 249 g/mol. The van der Waals surface area contributed by atoms with Crippen LogP contribution in [0.25, 0.3) is 11.0 Å². The van der Waals surface area contributed by atoms with Gasteiger partial charge in [-0.05, 0) is 25.0 Å². The van der Waals surface area contributed by atoms with Crippen molar-refractivity contribution in [2.45, 2.75) is 18.9 Å². The third-order valence-electron chi connectivity index (χ3n) is 3.39. The molecule has 4 nitrogen and oxygen atoms in total. The van der Waals surface area contributed by atoms with Crippen molar-refractivity contribution in [2.24, 2.45) is 0 Å². The number of nitrogens with zero attached hydrogens (tertiary/aromatic N) is 1. The molecule has 1 fully saturated rings. The number of rotatable bonds is 1. The molecule has 2 aromatic rings. The Morgan fingerprint density at radius 1 is 1.47 bits per heavy atom. The molecule has 1 aliphatic rings. The number of β-amino-alcohol motifs (C(OH)–C–C–N with tert-alkyl or cyclic N) is 1. The van der Waals surface area contributed by atoms with E-state index in [0.29, 0.717) is 24.9 Å². The number of amides is 1. The van der Waals surface area contributed by atoms with E-state index in [1.54, 1.807) is 23.1 Å². The molecule has 0 saturated carbocycles. The van der Waals surface area contributed by atoms with Gasteiger partial charge in [0.2, 0.25) is 0 Å². The molecule has 1 saturated heterocycles. The van der Waals surface area contributed by atoms with Crippen LogP contribution in [0.3, 0.4) is 0 Å². The third kappa shape index (κ3) is 2.21. The van der Waals surface area contributed by atoms with Crippen molar-refractivity contribution in [3.63, 3.8) is 0 Å². The molecule has 1 amide bonds. The molecular formula is C14H14FNO3. The Kier molecular flexibility index (Phi) is 2.98. The van der Waals surface area contributed by atoms with E-state index in [4.69, 9.17) is 4.42 Å². The van der Waals surface area contributed by atoms with Crippen LogP contribution in [0.5, 0.6) is 0 Å².